The molecule has 3 aromatic rings. The van der Waals surface area contributed by atoms with Gasteiger partial charge in [-0.2, -0.15) is 0 Å². The van der Waals surface area contributed by atoms with Crippen molar-refractivity contribution in [3.63, 3.8) is 0 Å². The largest absolute Gasteiger partial charge is 0.354 e. The minimum atomic E-state index is 0.0660. The van der Waals surface area contributed by atoms with Gasteiger partial charge in [-0.1, -0.05) is 0 Å². The summed E-state index contributed by atoms with van der Waals surface area (Å²) in [7, 11) is 2.16. The van der Waals surface area contributed by atoms with Gasteiger partial charge in [-0.25, -0.2) is 9.97 Å². The third kappa shape index (κ3) is 3.18. The van der Waals surface area contributed by atoms with E-state index in [4.69, 9.17) is 4.98 Å². The fraction of sp³-hybridized carbons (Fsp3) is 0.409. The molecule has 29 heavy (non-hydrogen) atoms. The normalized spacial score (nSPS) is 17.2. The first kappa shape index (κ1) is 18.5. The maximum atomic E-state index is 13.3. The molecule has 0 bridgehead atoms. The van der Waals surface area contributed by atoms with E-state index in [1.807, 2.05) is 24.9 Å². The number of rotatable bonds is 2. The minimum Gasteiger partial charge on any atom is -0.354 e. The molecule has 2 aliphatic heterocycles. The number of likely N-dealkylation sites (N-methyl/N-ethyl adjacent to an activating group) is 1. The summed E-state index contributed by atoms with van der Waals surface area (Å²) >= 11 is 1.49. The van der Waals surface area contributed by atoms with E-state index >= 15 is 0 Å². The highest BCUT2D eigenvalue weighted by molar-refractivity contribution is 7.13. The Morgan fingerprint density at radius 3 is 2.62 bits per heavy atom. The molecule has 0 atom stereocenters. The van der Waals surface area contributed by atoms with Crippen molar-refractivity contribution < 1.29 is 4.79 Å². The third-order valence-electron chi connectivity index (χ3n) is 5.98. The number of piperazine rings is 1. The molecule has 0 N–H and O–H groups in total. The number of carbonyl (C=O) groups excluding carboxylic acids is 1. The Bertz CT molecular complexity index is 1100. The predicted octanol–water partition coefficient (Wildman–Crippen LogP) is 3.26. The van der Waals surface area contributed by atoms with Crippen LogP contribution in [0.1, 0.15) is 25.9 Å². The maximum Gasteiger partial charge on any atom is 0.270 e. The Morgan fingerprint density at radius 2 is 1.90 bits per heavy atom. The molecule has 4 heterocycles. The number of aryl methyl sites for hydroxylation is 2. The van der Waals surface area contributed by atoms with Crippen LogP contribution >= 0.6 is 11.3 Å². The summed E-state index contributed by atoms with van der Waals surface area (Å²) in [5.74, 6) is 1.10. The smallest absolute Gasteiger partial charge is 0.270 e. The van der Waals surface area contributed by atoms with Gasteiger partial charge in [-0.3, -0.25) is 4.79 Å². The van der Waals surface area contributed by atoms with E-state index in [1.54, 1.807) is 0 Å². The Hall–Kier alpha value is -2.51. The number of carbonyl (C=O) groups is 1. The van der Waals surface area contributed by atoms with E-state index < -0.39 is 0 Å². The lowest BCUT2D eigenvalue weighted by atomic mass is 10.1. The molecule has 0 aliphatic carbocycles. The second-order valence-electron chi connectivity index (χ2n) is 7.98. The minimum absolute atomic E-state index is 0.0660. The molecular formula is C22H25N5OS. The first-order valence-electron chi connectivity index (χ1n) is 10.1. The van der Waals surface area contributed by atoms with Crippen molar-refractivity contribution in [1.82, 2.24) is 14.9 Å². The molecule has 2 aliphatic rings. The van der Waals surface area contributed by atoms with Crippen LogP contribution in [0.15, 0.2) is 24.4 Å². The highest BCUT2D eigenvalue weighted by Crippen LogP contribution is 2.37. The summed E-state index contributed by atoms with van der Waals surface area (Å²) < 4.78 is 0. The summed E-state index contributed by atoms with van der Waals surface area (Å²) in [5, 5.41) is 3.27. The quantitative estimate of drug-likeness (QED) is 0.653. The molecule has 1 aromatic carbocycles. The number of amides is 1. The van der Waals surface area contributed by atoms with Crippen LogP contribution in [-0.4, -0.2) is 60.5 Å². The first-order valence-corrected chi connectivity index (χ1v) is 10.9. The summed E-state index contributed by atoms with van der Waals surface area (Å²) in [4.78, 5) is 29.8. The van der Waals surface area contributed by atoms with E-state index in [0.717, 1.165) is 71.6 Å². The molecule has 5 rings (SSSR count). The summed E-state index contributed by atoms with van der Waals surface area (Å²) in [6.45, 7) is 8.62. The van der Waals surface area contributed by atoms with Gasteiger partial charge < -0.3 is 14.7 Å². The van der Waals surface area contributed by atoms with Crippen molar-refractivity contribution in [2.75, 3.05) is 49.6 Å². The van der Waals surface area contributed by atoms with Crippen LogP contribution in [0.25, 0.3) is 10.8 Å². The van der Waals surface area contributed by atoms with Gasteiger partial charge >= 0.3 is 0 Å². The zero-order chi connectivity index (χ0) is 20.1. The van der Waals surface area contributed by atoms with E-state index in [-0.39, 0.29) is 5.91 Å². The van der Waals surface area contributed by atoms with Gasteiger partial charge in [0.2, 0.25) is 0 Å². The number of nitrogens with zero attached hydrogens (tertiary/aromatic N) is 5. The number of benzene rings is 1. The van der Waals surface area contributed by atoms with Gasteiger partial charge in [0.05, 0.1) is 10.7 Å². The van der Waals surface area contributed by atoms with Crippen LogP contribution in [0.3, 0.4) is 0 Å². The zero-order valence-electron chi connectivity index (χ0n) is 17.1. The van der Waals surface area contributed by atoms with E-state index in [9.17, 15) is 4.79 Å². The summed E-state index contributed by atoms with van der Waals surface area (Å²) in [5.41, 5.74) is 3.09. The van der Waals surface area contributed by atoms with Crippen molar-refractivity contribution in [3.05, 3.63) is 45.5 Å². The lowest BCUT2D eigenvalue weighted by Gasteiger charge is -2.33. The van der Waals surface area contributed by atoms with Crippen molar-refractivity contribution >= 4 is 39.5 Å². The Morgan fingerprint density at radius 1 is 1.10 bits per heavy atom. The monoisotopic (exact) mass is 407 g/mol. The highest BCUT2D eigenvalue weighted by Gasteiger charge is 2.29. The fourth-order valence-electron chi connectivity index (χ4n) is 4.38. The Labute approximate surface area is 174 Å². The van der Waals surface area contributed by atoms with Gasteiger partial charge in [0.1, 0.15) is 10.7 Å². The number of hydrogen-bond acceptors (Lipinski definition) is 6. The third-order valence-corrected chi connectivity index (χ3v) is 7.04. The van der Waals surface area contributed by atoms with Crippen molar-refractivity contribution in [2.24, 2.45) is 0 Å². The second kappa shape index (κ2) is 7.07. The molecule has 0 saturated carbocycles. The van der Waals surface area contributed by atoms with Gasteiger partial charge in [-0.05, 0) is 56.5 Å². The summed E-state index contributed by atoms with van der Waals surface area (Å²) in [6, 6.07) is 6.50. The van der Waals surface area contributed by atoms with Crippen LogP contribution < -0.4 is 9.80 Å². The number of pyridine rings is 1. The standard InChI is InChI=1S/C22H25N5OS/c1-14-20(29-15(2)24-14)22(28)27-7-5-17-12-16-4-6-23-21(18(16)13-19(17)27)26-10-8-25(3)9-11-26/h4,6,12-13H,5,7-11H2,1-3H3. The first-order chi connectivity index (χ1) is 14.0. The molecule has 0 spiro atoms. The van der Waals surface area contributed by atoms with E-state index in [2.05, 4.69) is 40.0 Å². The van der Waals surface area contributed by atoms with Gasteiger partial charge in [0.25, 0.3) is 5.91 Å². The average molecular weight is 408 g/mol. The molecule has 7 heteroatoms. The molecule has 1 fully saturated rings. The molecule has 0 radical (unpaired) electrons. The van der Waals surface area contributed by atoms with E-state index in [1.165, 1.54) is 22.3 Å². The van der Waals surface area contributed by atoms with Crippen molar-refractivity contribution in [1.29, 1.82) is 0 Å². The van der Waals surface area contributed by atoms with Crippen LogP contribution in [0.2, 0.25) is 0 Å². The lowest BCUT2D eigenvalue weighted by molar-refractivity contribution is 0.0992. The Kier molecular flexibility index (Phi) is 4.52. The molecule has 2 aromatic heterocycles. The molecule has 6 nitrogen and oxygen atoms in total. The van der Waals surface area contributed by atoms with Crippen LogP contribution in [-0.2, 0) is 6.42 Å². The number of aromatic nitrogens is 2. The highest BCUT2D eigenvalue weighted by atomic mass is 32.1. The zero-order valence-corrected chi connectivity index (χ0v) is 17.9. The Balaban J connectivity index is 1.56. The topological polar surface area (TPSA) is 52.6 Å². The molecule has 1 amide bonds. The van der Waals surface area contributed by atoms with Gasteiger partial charge in [-0.15, -0.1) is 11.3 Å². The average Bonchev–Trinajstić information content (AvgIpc) is 3.28. The van der Waals surface area contributed by atoms with Crippen LogP contribution in [0.4, 0.5) is 11.5 Å². The second-order valence-corrected chi connectivity index (χ2v) is 9.18. The molecule has 1 saturated heterocycles. The molecule has 150 valence electrons. The van der Waals surface area contributed by atoms with Crippen LogP contribution in [0, 0.1) is 13.8 Å². The van der Waals surface area contributed by atoms with Crippen molar-refractivity contribution in [3.8, 4) is 0 Å². The predicted molar refractivity (Wildman–Crippen MR) is 118 cm³/mol. The van der Waals surface area contributed by atoms with Crippen LogP contribution in [0.5, 0.6) is 0 Å². The van der Waals surface area contributed by atoms with Crippen molar-refractivity contribution in [2.45, 2.75) is 20.3 Å². The van der Waals surface area contributed by atoms with Gasteiger partial charge in [0, 0.05) is 50.0 Å². The fourth-order valence-corrected chi connectivity index (χ4v) is 5.25. The SMILES string of the molecule is Cc1nc(C)c(C(=O)N2CCc3cc4ccnc(N5CCN(C)CC5)c4cc32)s1. The van der Waals surface area contributed by atoms with E-state index in [0.29, 0.717) is 0 Å². The van der Waals surface area contributed by atoms with Gasteiger partial charge in [0.15, 0.2) is 0 Å². The number of fused-ring (bicyclic) bond motifs is 2. The molecular weight excluding hydrogens is 382 g/mol. The lowest BCUT2D eigenvalue weighted by Crippen LogP contribution is -2.44. The maximum absolute atomic E-state index is 13.3. The number of thiazole rings is 1. The summed E-state index contributed by atoms with van der Waals surface area (Å²) in [6.07, 6.45) is 2.80. The molecule has 0 unspecified atom stereocenters. The number of anilines is 2. The number of hydrogen-bond donors (Lipinski definition) is 0.